The Morgan fingerprint density at radius 2 is 1.84 bits per heavy atom. The van der Waals surface area contributed by atoms with Crippen molar-refractivity contribution < 1.29 is 4.79 Å². The van der Waals surface area contributed by atoms with Crippen LogP contribution in [0.3, 0.4) is 0 Å². The zero-order chi connectivity index (χ0) is 13.8. The second-order valence-corrected chi connectivity index (χ2v) is 4.59. The van der Waals surface area contributed by atoms with Crippen LogP contribution in [0.25, 0.3) is 0 Å². The maximum Gasteiger partial charge on any atom is 0.255 e. The van der Waals surface area contributed by atoms with Gasteiger partial charge in [0.1, 0.15) is 0 Å². The lowest BCUT2D eigenvalue weighted by Crippen LogP contribution is -2.13. The summed E-state index contributed by atoms with van der Waals surface area (Å²) in [6.45, 7) is 4.03. The number of nitrogen functional groups attached to an aromatic ring is 1. The second kappa shape index (κ2) is 5.57. The number of anilines is 2. The first-order valence-corrected chi connectivity index (χ1v) is 6.36. The summed E-state index contributed by atoms with van der Waals surface area (Å²) in [4.78, 5) is 12.1. The molecule has 2 aromatic rings. The van der Waals surface area contributed by atoms with Gasteiger partial charge in [0.15, 0.2) is 0 Å². The number of nitrogens with one attached hydrogen (secondary N) is 1. The number of rotatable bonds is 3. The molecule has 3 heteroatoms. The maximum absolute atomic E-state index is 12.1. The van der Waals surface area contributed by atoms with Gasteiger partial charge < -0.3 is 11.1 Å². The van der Waals surface area contributed by atoms with Crippen molar-refractivity contribution in [3.8, 4) is 0 Å². The van der Waals surface area contributed by atoms with Crippen LogP contribution in [0.15, 0.2) is 42.5 Å². The first kappa shape index (κ1) is 13.1. The highest BCUT2D eigenvalue weighted by Gasteiger charge is 2.08. The number of nitrogens with two attached hydrogens (primary N) is 1. The lowest BCUT2D eigenvalue weighted by molar-refractivity contribution is 0.102. The summed E-state index contributed by atoms with van der Waals surface area (Å²) in [6, 6.07) is 13.0. The average molecular weight is 254 g/mol. The van der Waals surface area contributed by atoms with Gasteiger partial charge in [-0.2, -0.15) is 0 Å². The van der Waals surface area contributed by atoms with E-state index in [9.17, 15) is 4.79 Å². The highest BCUT2D eigenvalue weighted by atomic mass is 16.1. The van der Waals surface area contributed by atoms with Crippen molar-refractivity contribution in [1.82, 2.24) is 0 Å². The fraction of sp³-hybridized carbons (Fsp3) is 0.188. The summed E-state index contributed by atoms with van der Waals surface area (Å²) in [5.41, 5.74) is 10.1. The van der Waals surface area contributed by atoms with Crippen LogP contribution in [0.2, 0.25) is 0 Å². The molecule has 0 spiro atoms. The predicted octanol–water partition coefficient (Wildman–Crippen LogP) is 3.39. The van der Waals surface area contributed by atoms with E-state index in [1.54, 1.807) is 6.07 Å². The van der Waals surface area contributed by atoms with Crippen molar-refractivity contribution in [2.45, 2.75) is 20.3 Å². The third kappa shape index (κ3) is 3.13. The van der Waals surface area contributed by atoms with Gasteiger partial charge in [-0.15, -0.1) is 0 Å². The molecular formula is C16H18N2O. The Bertz CT molecular complexity index is 588. The summed E-state index contributed by atoms with van der Waals surface area (Å²) in [5, 5.41) is 2.93. The number of aryl methyl sites for hydroxylation is 2. The van der Waals surface area contributed by atoms with Gasteiger partial charge in [0, 0.05) is 16.9 Å². The molecule has 0 bridgehead atoms. The molecule has 2 aromatic carbocycles. The van der Waals surface area contributed by atoms with E-state index >= 15 is 0 Å². The average Bonchev–Trinajstić information content (AvgIpc) is 2.41. The van der Waals surface area contributed by atoms with E-state index in [-0.39, 0.29) is 5.91 Å². The van der Waals surface area contributed by atoms with Crippen LogP contribution in [0.4, 0.5) is 11.4 Å². The summed E-state index contributed by atoms with van der Waals surface area (Å²) < 4.78 is 0. The number of benzene rings is 2. The zero-order valence-electron chi connectivity index (χ0n) is 11.2. The molecule has 0 saturated carbocycles. The Labute approximate surface area is 113 Å². The lowest BCUT2D eigenvalue weighted by Gasteiger charge is -2.11. The minimum atomic E-state index is -0.0977. The molecule has 3 nitrogen and oxygen atoms in total. The molecule has 19 heavy (non-hydrogen) atoms. The topological polar surface area (TPSA) is 55.1 Å². The predicted molar refractivity (Wildman–Crippen MR) is 79.4 cm³/mol. The van der Waals surface area contributed by atoms with Crippen molar-refractivity contribution in [2.24, 2.45) is 0 Å². The Hall–Kier alpha value is -2.29. The van der Waals surface area contributed by atoms with E-state index in [4.69, 9.17) is 5.73 Å². The standard InChI is InChI=1S/C16H18N2O/c1-3-12-10-14(17)8-9-15(12)18-16(19)13-6-4-11(2)5-7-13/h4-10H,3,17H2,1-2H3,(H,18,19). The zero-order valence-corrected chi connectivity index (χ0v) is 11.2. The first-order chi connectivity index (χ1) is 9.10. The quantitative estimate of drug-likeness (QED) is 0.825. The fourth-order valence-corrected chi connectivity index (χ4v) is 1.93. The van der Waals surface area contributed by atoms with Gasteiger partial charge in [-0.05, 0) is 49.2 Å². The van der Waals surface area contributed by atoms with Gasteiger partial charge in [-0.1, -0.05) is 24.6 Å². The molecule has 3 N–H and O–H groups in total. The Morgan fingerprint density at radius 1 is 1.16 bits per heavy atom. The van der Waals surface area contributed by atoms with E-state index in [2.05, 4.69) is 5.32 Å². The molecule has 98 valence electrons. The van der Waals surface area contributed by atoms with E-state index in [1.165, 1.54) is 0 Å². The van der Waals surface area contributed by atoms with Crippen LogP contribution < -0.4 is 11.1 Å². The fourth-order valence-electron chi connectivity index (χ4n) is 1.93. The normalized spacial score (nSPS) is 10.2. The SMILES string of the molecule is CCc1cc(N)ccc1NC(=O)c1ccc(C)cc1. The smallest absolute Gasteiger partial charge is 0.255 e. The van der Waals surface area contributed by atoms with Gasteiger partial charge in [0.05, 0.1) is 0 Å². The second-order valence-electron chi connectivity index (χ2n) is 4.59. The molecule has 0 heterocycles. The van der Waals surface area contributed by atoms with Gasteiger partial charge in [-0.25, -0.2) is 0 Å². The Kier molecular flexibility index (Phi) is 3.85. The number of hydrogen-bond donors (Lipinski definition) is 2. The van der Waals surface area contributed by atoms with Crippen LogP contribution in [0.1, 0.15) is 28.4 Å². The number of carbonyl (C=O) groups is 1. The third-order valence-corrected chi connectivity index (χ3v) is 3.07. The van der Waals surface area contributed by atoms with Gasteiger partial charge in [0.25, 0.3) is 5.91 Å². The van der Waals surface area contributed by atoms with Crippen molar-refractivity contribution in [3.63, 3.8) is 0 Å². The molecule has 0 radical (unpaired) electrons. The molecular weight excluding hydrogens is 236 g/mol. The van der Waals surface area contributed by atoms with Crippen LogP contribution in [-0.4, -0.2) is 5.91 Å². The van der Waals surface area contributed by atoms with Crippen LogP contribution in [-0.2, 0) is 6.42 Å². The number of carbonyl (C=O) groups excluding carboxylic acids is 1. The molecule has 0 atom stereocenters. The first-order valence-electron chi connectivity index (χ1n) is 6.36. The third-order valence-electron chi connectivity index (χ3n) is 3.07. The van der Waals surface area contributed by atoms with Crippen LogP contribution in [0.5, 0.6) is 0 Å². The van der Waals surface area contributed by atoms with E-state index in [0.29, 0.717) is 11.3 Å². The summed E-state index contributed by atoms with van der Waals surface area (Å²) in [6.07, 6.45) is 0.828. The number of hydrogen-bond acceptors (Lipinski definition) is 2. The monoisotopic (exact) mass is 254 g/mol. The van der Waals surface area contributed by atoms with E-state index in [1.807, 2.05) is 50.2 Å². The molecule has 0 aliphatic rings. The summed E-state index contributed by atoms with van der Waals surface area (Å²) in [7, 11) is 0. The lowest BCUT2D eigenvalue weighted by atomic mass is 10.1. The number of amides is 1. The minimum Gasteiger partial charge on any atom is -0.399 e. The van der Waals surface area contributed by atoms with Gasteiger partial charge >= 0.3 is 0 Å². The molecule has 0 unspecified atom stereocenters. The molecule has 0 aromatic heterocycles. The summed E-state index contributed by atoms with van der Waals surface area (Å²) >= 11 is 0. The van der Waals surface area contributed by atoms with Crippen molar-refractivity contribution in [1.29, 1.82) is 0 Å². The molecule has 0 aliphatic heterocycles. The van der Waals surface area contributed by atoms with E-state index < -0.39 is 0 Å². The summed E-state index contributed by atoms with van der Waals surface area (Å²) in [5.74, 6) is -0.0977. The highest BCUT2D eigenvalue weighted by molar-refractivity contribution is 6.04. The Balaban J connectivity index is 2.21. The molecule has 2 rings (SSSR count). The molecule has 0 fully saturated rings. The maximum atomic E-state index is 12.1. The van der Waals surface area contributed by atoms with Crippen LogP contribution in [0, 0.1) is 6.92 Å². The highest BCUT2D eigenvalue weighted by Crippen LogP contribution is 2.20. The van der Waals surface area contributed by atoms with Gasteiger partial charge in [-0.3, -0.25) is 4.79 Å². The molecule has 0 saturated heterocycles. The Morgan fingerprint density at radius 3 is 2.47 bits per heavy atom. The molecule has 0 aliphatic carbocycles. The van der Waals surface area contributed by atoms with Crippen molar-refractivity contribution in [3.05, 3.63) is 59.2 Å². The van der Waals surface area contributed by atoms with Crippen LogP contribution >= 0.6 is 0 Å². The van der Waals surface area contributed by atoms with Crippen molar-refractivity contribution in [2.75, 3.05) is 11.1 Å². The largest absolute Gasteiger partial charge is 0.399 e. The minimum absolute atomic E-state index is 0.0977. The molecule has 1 amide bonds. The van der Waals surface area contributed by atoms with Crippen molar-refractivity contribution >= 4 is 17.3 Å². The van der Waals surface area contributed by atoms with E-state index in [0.717, 1.165) is 23.2 Å². The van der Waals surface area contributed by atoms with Gasteiger partial charge in [0.2, 0.25) is 0 Å².